The van der Waals surface area contributed by atoms with E-state index in [0.29, 0.717) is 6.04 Å². The molecule has 0 saturated carbocycles. The normalized spacial score (nSPS) is 29.0. The van der Waals surface area contributed by atoms with Crippen molar-refractivity contribution in [3.05, 3.63) is 30.1 Å². The molecule has 1 aromatic heterocycles. The van der Waals surface area contributed by atoms with Crippen molar-refractivity contribution in [2.75, 3.05) is 40.4 Å². The third-order valence-electron chi connectivity index (χ3n) is 4.59. The van der Waals surface area contributed by atoms with Gasteiger partial charge in [-0.15, -0.1) is 0 Å². The number of hydrogen-bond acceptors (Lipinski definition) is 5. The Balaban J connectivity index is 1.61. The number of ether oxygens (including phenoxy) is 2. The smallest absolute Gasteiger partial charge is 0.100 e. The number of likely N-dealkylation sites (tertiary alicyclic amines) is 1. The molecule has 0 aliphatic carbocycles. The molecule has 2 aliphatic heterocycles. The highest BCUT2D eigenvalue weighted by Gasteiger charge is 2.44. The summed E-state index contributed by atoms with van der Waals surface area (Å²) in [6.07, 6.45) is 6.53. The molecule has 22 heavy (non-hydrogen) atoms. The number of rotatable bonds is 6. The van der Waals surface area contributed by atoms with Crippen LogP contribution in [0.2, 0.25) is 0 Å². The maximum absolute atomic E-state index is 6.13. The van der Waals surface area contributed by atoms with E-state index in [2.05, 4.69) is 41.0 Å². The van der Waals surface area contributed by atoms with Gasteiger partial charge in [0.15, 0.2) is 0 Å². The first-order valence-corrected chi connectivity index (χ1v) is 8.25. The van der Waals surface area contributed by atoms with Crippen molar-refractivity contribution >= 4 is 0 Å². The molecule has 0 unspecified atom stereocenters. The molecule has 2 saturated heterocycles. The van der Waals surface area contributed by atoms with Gasteiger partial charge in [-0.2, -0.15) is 0 Å². The number of nitrogens with zero attached hydrogens (tertiary/aromatic N) is 3. The van der Waals surface area contributed by atoms with E-state index >= 15 is 0 Å². The molecule has 0 bridgehead atoms. The van der Waals surface area contributed by atoms with Crippen LogP contribution in [0.15, 0.2) is 24.5 Å². The van der Waals surface area contributed by atoms with Crippen LogP contribution in [0, 0.1) is 0 Å². The van der Waals surface area contributed by atoms with Gasteiger partial charge in [0.1, 0.15) is 6.10 Å². The van der Waals surface area contributed by atoms with Crippen LogP contribution in [0.4, 0.5) is 0 Å². The minimum absolute atomic E-state index is 0.201. The Hall–Kier alpha value is -1.01. The van der Waals surface area contributed by atoms with Gasteiger partial charge in [-0.1, -0.05) is 0 Å². The minimum atomic E-state index is 0.201. The number of aromatic nitrogens is 1. The van der Waals surface area contributed by atoms with Crippen molar-refractivity contribution < 1.29 is 9.47 Å². The average Bonchev–Trinajstić information content (AvgIpc) is 2.86. The summed E-state index contributed by atoms with van der Waals surface area (Å²) in [7, 11) is 4.15. The van der Waals surface area contributed by atoms with Crippen LogP contribution in [-0.2, 0) is 16.0 Å². The standard InChI is InChI=1S/C17H27N3O2/c1-19(2)9-11-21-16-13-20(12-14-5-7-18-8-6-14)15-4-3-10-22-17(15)16/h5-8,15-17H,3-4,9-13H2,1-2H3/t15-,16+,17+/m0/s1. The predicted molar refractivity (Wildman–Crippen MR) is 85.7 cm³/mol. The molecule has 3 atom stereocenters. The van der Waals surface area contributed by atoms with Gasteiger partial charge in [-0.3, -0.25) is 9.88 Å². The number of hydrogen-bond donors (Lipinski definition) is 0. The molecule has 122 valence electrons. The van der Waals surface area contributed by atoms with Crippen molar-refractivity contribution in [2.45, 2.75) is 37.6 Å². The van der Waals surface area contributed by atoms with E-state index < -0.39 is 0 Å². The first-order chi connectivity index (χ1) is 10.7. The third-order valence-corrected chi connectivity index (χ3v) is 4.59. The van der Waals surface area contributed by atoms with Crippen LogP contribution in [0.3, 0.4) is 0 Å². The molecule has 0 spiro atoms. The molecule has 0 amide bonds. The van der Waals surface area contributed by atoms with Gasteiger partial charge in [-0.05, 0) is 44.6 Å². The maximum Gasteiger partial charge on any atom is 0.100 e. The van der Waals surface area contributed by atoms with Crippen LogP contribution in [-0.4, -0.2) is 73.4 Å². The molecule has 2 fully saturated rings. The zero-order valence-corrected chi connectivity index (χ0v) is 13.6. The van der Waals surface area contributed by atoms with Crippen molar-refractivity contribution in [1.29, 1.82) is 0 Å². The lowest BCUT2D eigenvalue weighted by molar-refractivity contribution is -0.0787. The Morgan fingerprint density at radius 1 is 1.36 bits per heavy atom. The second-order valence-corrected chi connectivity index (χ2v) is 6.54. The highest BCUT2D eigenvalue weighted by molar-refractivity contribution is 5.11. The van der Waals surface area contributed by atoms with Crippen molar-refractivity contribution in [3.8, 4) is 0 Å². The molecule has 3 heterocycles. The van der Waals surface area contributed by atoms with Crippen molar-refractivity contribution in [3.63, 3.8) is 0 Å². The highest BCUT2D eigenvalue weighted by atomic mass is 16.5. The fourth-order valence-corrected chi connectivity index (χ4v) is 3.44. The summed E-state index contributed by atoms with van der Waals surface area (Å²) in [6.45, 7) is 4.52. The molecule has 0 N–H and O–H groups in total. The summed E-state index contributed by atoms with van der Waals surface area (Å²) in [5, 5.41) is 0. The lowest BCUT2D eigenvalue weighted by atomic mass is 10.0. The summed E-state index contributed by atoms with van der Waals surface area (Å²) >= 11 is 0. The van der Waals surface area contributed by atoms with E-state index in [-0.39, 0.29) is 12.2 Å². The average molecular weight is 305 g/mol. The Labute approximate surface area is 133 Å². The summed E-state index contributed by atoms with van der Waals surface area (Å²) < 4.78 is 12.2. The van der Waals surface area contributed by atoms with Crippen molar-refractivity contribution in [1.82, 2.24) is 14.8 Å². The Bertz CT molecular complexity index is 454. The van der Waals surface area contributed by atoms with Crippen LogP contribution < -0.4 is 0 Å². The van der Waals surface area contributed by atoms with Crippen LogP contribution in [0.25, 0.3) is 0 Å². The number of likely N-dealkylation sites (N-methyl/N-ethyl adjacent to an activating group) is 1. The lowest BCUT2D eigenvalue weighted by Crippen LogP contribution is -2.42. The summed E-state index contributed by atoms with van der Waals surface area (Å²) in [5.74, 6) is 0. The van der Waals surface area contributed by atoms with E-state index in [1.54, 1.807) is 0 Å². The predicted octanol–water partition coefficient (Wildman–Crippen LogP) is 1.39. The first kappa shape index (κ1) is 15.9. The van der Waals surface area contributed by atoms with E-state index in [1.807, 2.05) is 12.4 Å². The first-order valence-electron chi connectivity index (χ1n) is 8.25. The molecule has 0 aromatic carbocycles. The van der Waals surface area contributed by atoms with Gasteiger partial charge in [0, 0.05) is 44.7 Å². The van der Waals surface area contributed by atoms with Crippen LogP contribution in [0.1, 0.15) is 18.4 Å². The molecule has 0 radical (unpaired) electrons. The van der Waals surface area contributed by atoms with E-state index in [1.165, 1.54) is 12.0 Å². The van der Waals surface area contributed by atoms with Gasteiger partial charge in [-0.25, -0.2) is 0 Å². The summed E-state index contributed by atoms with van der Waals surface area (Å²) in [6, 6.07) is 4.68. The topological polar surface area (TPSA) is 37.8 Å². The minimum Gasteiger partial charge on any atom is -0.374 e. The zero-order chi connectivity index (χ0) is 15.4. The molecular formula is C17H27N3O2. The fraction of sp³-hybridized carbons (Fsp3) is 0.706. The third kappa shape index (κ3) is 3.84. The van der Waals surface area contributed by atoms with E-state index in [4.69, 9.17) is 9.47 Å². The number of pyridine rings is 1. The Kier molecular flexibility index (Phi) is 5.41. The monoisotopic (exact) mass is 305 g/mol. The summed E-state index contributed by atoms with van der Waals surface area (Å²) in [4.78, 5) is 8.78. The highest BCUT2D eigenvalue weighted by Crippen LogP contribution is 2.31. The zero-order valence-electron chi connectivity index (χ0n) is 13.6. The van der Waals surface area contributed by atoms with Gasteiger partial charge < -0.3 is 14.4 Å². The van der Waals surface area contributed by atoms with E-state index in [0.717, 1.165) is 39.3 Å². The van der Waals surface area contributed by atoms with Gasteiger partial charge >= 0.3 is 0 Å². The molecular weight excluding hydrogens is 278 g/mol. The Morgan fingerprint density at radius 3 is 2.95 bits per heavy atom. The van der Waals surface area contributed by atoms with Gasteiger partial charge in [0.2, 0.25) is 0 Å². The van der Waals surface area contributed by atoms with Gasteiger partial charge in [0.05, 0.1) is 12.7 Å². The van der Waals surface area contributed by atoms with E-state index in [9.17, 15) is 0 Å². The quantitative estimate of drug-likeness (QED) is 0.794. The molecule has 2 aliphatic rings. The molecule has 3 rings (SSSR count). The SMILES string of the molecule is CN(C)CCO[C@@H]1CN(Cc2ccncc2)[C@H]2CCCO[C@@H]12. The summed E-state index contributed by atoms with van der Waals surface area (Å²) in [5.41, 5.74) is 1.31. The molecule has 5 heteroatoms. The molecule has 5 nitrogen and oxygen atoms in total. The molecule has 1 aromatic rings. The maximum atomic E-state index is 6.13. The largest absolute Gasteiger partial charge is 0.374 e. The Morgan fingerprint density at radius 2 is 2.18 bits per heavy atom. The van der Waals surface area contributed by atoms with Crippen LogP contribution >= 0.6 is 0 Å². The lowest BCUT2D eigenvalue weighted by Gasteiger charge is -2.32. The second kappa shape index (κ2) is 7.51. The van der Waals surface area contributed by atoms with Crippen molar-refractivity contribution in [2.24, 2.45) is 0 Å². The van der Waals surface area contributed by atoms with Gasteiger partial charge in [0.25, 0.3) is 0 Å². The number of fused-ring (bicyclic) bond motifs is 1. The fourth-order valence-electron chi connectivity index (χ4n) is 3.44. The van der Waals surface area contributed by atoms with Crippen LogP contribution in [0.5, 0.6) is 0 Å². The second-order valence-electron chi connectivity index (χ2n) is 6.54.